The van der Waals surface area contributed by atoms with Crippen LogP contribution in [0.15, 0.2) is 52.4 Å². The number of nitrogens with zero attached hydrogens (tertiary/aromatic N) is 3. The molecule has 152 valence electrons. The fraction of sp³-hybridized carbons (Fsp3) is 0.300. The molecule has 0 N–H and O–H groups in total. The van der Waals surface area contributed by atoms with Gasteiger partial charge in [-0.15, -0.1) is 11.8 Å². The molecule has 2 aromatic carbocycles. The molecule has 29 heavy (non-hydrogen) atoms. The number of fused-ring (bicyclic) bond motifs is 1. The van der Waals surface area contributed by atoms with Gasteiger partial charge in [0.2, 0.25) is 0 Å². The van der Waals surface area contributed by atoms with Gasteiger partial charge in [0.15, 0.2) is 4.80 Å². The topological polar surface area (TPSA) is 86.7 Å². The van der Waals surface area contributed by atoms with Gasteiger partial charge in [-0.2, -0.15) is 4.99 Å². The Balaban J connectivity index is 2.09. The standard InChI is InChI=1S/C20H21N3O4S2/c1-3-27-12-11-22-16-10-9-14(23(25)26)13-18(16)29-20(22)21-19(24)15-7-5-6-8-17(15)28-4-2/h5-10,13H,3-4,11-12H2,1-2H3. The number of thioether (sulfide) groups is 1. The minimum absolute atomic E-state index is 0.0123. The molecule has 3 aromatic rings. The number of thiazole rings is 1. The number of aromatic nitrogens is 1. The summed E-state index contributed by atoms with van der Waals surface area (Å²) in [5, 5.41) is 11.1. The zero-order valence-corrected chi connectivity index (χ0v) is 17.8. The molecule has 0 aliphatic carbocycles. The average molecular weight is 432 g/mol. The maximum absolute atomic E-state index is 12.9. The molecule has 1 amide bonds. The van der Waals surface area contributed by atoms with E-state index >= 15 is 0 Å². The van der Waals surface area contributed by atoms with Crippen molar-refractivity contribution in [3.63, 3.8) is 0 Å². The van der Waals surface area contributed by atoms with Gasteiger partial charge in [0, 0.05) is 30.2 Å². The molecule has 0 radical (unpaired) electrons. The van der Waals surface area contributed by atoms with Crippen LogP contribution in [0.25, 0.3) is 10.2 Å². The number of hydrogen-bond acceptors (Lipinski definition) is 6. The zero-order chi connectivity index (χ0) is 20.8. The first-order valence-corrected chi connectivity index (χ1v) is 11.0. The Labute approximate surface area is 176 Å². The lowest BCUT2D eigenvalue weighted by Gasteiger charge is -2.06. The van der Waals surface area contributed by atoms with Gasteiger partial charge >= 0.3 is 0 Å². The van der Waals surface area contributed by atoms with Gasteiger partial charge in [0.1, 0.15) is 0 Å². The predicted molar refractivity (Wildman–Crippen MR) is 116 cm³/mol. The van der Waals surface area contributed by atoms with Gasteiger partial charge in [0.05, 0.1) is 27.3 Å². The van der Waals surface area contributed by atoms with Crippen molar-refractivity contribution in [1.82, 2.24) is 4.57 Å². The molecule has 3 rings (SSSR count). The second-order valence-electron chi connectivity index (χ2n) is 5.99. The summed E-state index contributed by atoms with van der Waals surface area (Å²) in [7, 11) is 0. The van der Waals surface area contributed by atoms with Gasteiger partial charge in [0.25, 0.3) is 11.6 Å². The van der Waals surface area contributed by atoms with Crippen LogP contribution in [0.4, 0.5) is 5.69 Å². The van der Waals surface area contributed by atoms with Crippen molar-refractivity contribution in [3.05, 3.63) is 62.9 Å². The number of carbonyl (C=O) groups is 1. The average Bonchev–Trinajstić information content (AvgIpc) is 3.05. The van der Waals surface area contributed by atoms with Crippen molar-refractivity contribution >= 4 is 44.9 Å². The highest BCUT2D eigenvalue weighted by molar-refractivity contribution is 7.99. The molecule has 1 heterocycles. The quantitative estimate of drug-likeness (QED) is 0.227. The van der Waals surface area contributed by atoms with Crippen LogP contribution >= 0.6 is 23.1 Å². The van der Waals surface area contributed by atoms with E-state index in [0.717, 1.165) is 16.2 Å². The number of nitro benzene ring substituents is 1. The molecule has 7 nitrogen and oxygen atoms in total. The van der Waals surface area contributed by atoms with Crippen LogP contribution in [0, 0.1) is 10.1 Å². The van der Waals surface area contributed by atoms with Gasteiger partial charge in [-0.3, -0.25) is 14.9 Å². The van der Waals surface area contributed by atoms with Gasteiger partial charge in [-0.05, 0) is 30.9 Å². The van der Waals surface area contributed by atoms with E-state index in [1.165, 1.54) is 23.5 Å². The first-order chi connectivity index (χ1) is 14.0. The maximum atomic E-state index is 12.9. The minimum atomic E-state index is -0.427. The Morgan fingerprint density at radius 3 is 2.79 bits per heavy atom. The normalized spacial score (nSPS) is 11.9. The lowest BCUT2D eigenvalue weighted by Crippen LogP contribution is -2.20. The van der Waals surface area contributed by atoms with Crippen LogP contribution < -0.4 is 4.80 Å². The van der Waals surface area contributed by atoms with E-state index in [1.54, 1.807) is 23.9 Å². The largest absolute Gasteiger partial charge is 0.380 e. The summed E-state index contributed by atoms with van der Waals surface area (Å²) in [6.45, 7) is 5.49. The van der Waals surface area contributed by atoms with Gasteiger partial charge in [-0.25, -0.2) is 0 Å². The summed E-state index contributed by atoms with van der Waals surface area (Å²) in [5.41, 5.74) is 1.36. The third-order valence-electron chi connectivity index (χ3n) is 4.16. The SMILES string of the molecule is CCOCCn1c(=NC(=O)c2ccccc2SCC)sc2cc([N+](=O)[O-])ccc21. The first kappa shape index (κ1) is 21.2. The highest BCUT2D eigenvalue weighted by atomic mass is 32.2. The molecule has 0 saturated carbocycles. The highest BCUT2D eigenvalue weighted by Crippen LogP contribution is 2.25. The molecular weight excluding hydrogens is 410 g/mol. The highest BCUT2D eigenvalue weighted by Gasteiger charge is 2.14. The number of carbonyl (C=O) groups excluding carboxylic acids is 1. The summed E-state index contributed by atoms with van der Waals surface area (Å²) in [6.07, 6.45) is 0. The number of rotatable bonds is 8. The third kappa shape index (κ3) is 4.92. The molecule has 0 bridgehead atoms. The Kier molecular flexibility index (Phi) is 7.18. The molecule has 1 aromatic heterocycles. The van der Waals surface area contributed by atoms with Crippen LogP contribution in [0.5, 0.6) is 0 Å². The van der Waals surface area contributed by atoms with Crippen molar-refractivity contribution < 1.29 is 14.5 Å². The van der Waals surface area contributed by atoms with E-state index in [0.29, 0.717) is 34.8 Å². The van der Waals surface area contributed by atoms with Crippen LogP contribution in [0.3, 0.4) is 0 Å². The third-order valence-corrected chi connectivity index (χ3v) is 6.15. The van der Waals surface area contributed by atoms with Crippen LogP contribution in [0.1, 0.15) is 24.2 Å². The summed E-state index contributed by atoms with van der Waals surface area (Å²) in [6, 6.07) is 12.1. The monoisotopic (exact) mass is 431 g/mol. The molecule has 0 spiro atoms. The number of nitro groups is 1. The zero-order valence-electron chi connectivity index (χ0n) is 16.2. The summed E-state index contributed by atoms with van der Waals surface area (Å²) in [5.74, 6) is 0.526. The van der Waals surface area contributed by atoms with Crippen LogP contribution in [-0.4, -0.2) is 34.4 Å². The van der Waals surface area contributed by atoms with E-state index in [2.05, 4.69) is 4.99 Å². The molecule has 0 aliphatic heterocycles. The fourth-order valence-corrected chi connectivity index (χ4v) is 4.73. The van der Waals surface area contributed by atoms with E-state index in [9.17, 15) is 14.9 Å². The second-order valence-corrected chi connectivity index (χ2v) is 8.30. The van der Waals surface area contributed by atoms with E-state index in [-0.39, 0.29) is 11.6 Å². The summed E-state index contributed by atoms with van der Waals surface area (Å²) < 4.78 is 8.05. The molecule has 0 unspecified atom stereocenters. The maximum Gasteiger partial charge on any atom is 0.280 e. The molecule has 0 fully saturated rings. The van der Waals surface area contributed by atoms with Crippen molar-refractivity contribution in [2.45, 2.75) is 25.3 Å². The lowest BCUT2D eigenvalue weighted by molar-refractivity contribution is -0.384. The number of non-ortho nitro benzene ring substituents is 1. The Bertz CT molecular complexity index is 1100. The Morgan fingerprint density at radius 1 is 1.28 bits per heavy atom. The van der Waals surface area contributed by atoms with Crippen LogP contribution in [0.2, 0.25) is 0 Å². The second kappa shape index (κ2) is 9.82. The predicted octanol–water partition coefficient (Wildman–Crippen LogP) is 4.50. The Morgan fingerprint density at radius 2 is 2.07 bits per heavy atom. The number of ether oxygens (including phenoxy) is 1. The smallest absolute Gasteiger partial charge is 0.280 e. The van der Waals surface area contributed by atoms with Gasteiger partial charge < -0.3 is 9.30 Å². The lowest BCUT2D eigenvalue weighted by atomic mass is 10.2. The van der Waals surface area contributed by atoms with E-state index in [4.69, 9.17) is 4.74 Å². The Hall–Kier alpha value is -2.49. The van der Waals surface area contributed by atoms with Crippen molar-refractivity contribution in [1.29, 1.82) is 0 Å². The molecule has 9 heteroatoms. The molecule has 0 saturated heterocycles. The fourth-order valence-electron chi connectivity index (χ4n) is 2.85. The number of benzene rings is 2. The van der Waals surface area contributed by atoms with Crippen molar-refractivity contribution in [2.24, 2.45) is 4.99 Å². The molecule has 0 aliphatic rings. The minimum Gasteiger partial charge on any atom is -0.380 e. The summed E-state index contributed by atoms with van der Waals surface area (Å²) >= 11 is 2.86. The van der Waals surface area contributed by atoms with Crippen LogP contribution in [-0.2, 0) is 11.3 Å². The first-order valence-electron chi connectivity index (χ1n) is 9.21. The number of hydrogen-bond donors (Lipinski definition) is 0. The summed E-state index contributed by atoms with van der Waals surface area (Å²) in [4.78, 5) is 29.4. The molecular formula is C20H21N3O4S2. The van der Waals surface area contributed by atoms with E-state index in [1.807, 2.05) is 36.6 Å². The van der Waals surface area contributed by atoms with Crippen molar-refractivity contribution in [2.75, 3.05) is 19.0 Å². The molecule has 0 atom stereocenters. The van der Waals surface area contributed by atoms with Gasteiger partial charge in [-0.1, -0.05) is 30.4 Å². The van der Waals surface area contributed by atoms with E-state index < -0.39 is 4.92 Å². The van der Waals surface area contributed by atoms with Crippen molar-refractivity contribution in [3.8, 4) is 0 Å². The number of amides is 1.